The number of carbonyl (C=O) groups is 1. The summed E-state index contributed by atoms with van der Waals surface area (Å²) in [5.41, 5.74) is 3.83. The fourth-order valence-electron chi connectivity index (χ4n) is 3.58. The average Bonchev–Trinajstić information content (AvgIpc) is 3.35. The molecule has 4 aromatic rings. The van der Waals surface area contributed by atoms with Gasteiger partial charge in [0.15, 0.2) is 0 Å². The van der Waals surface area contributed by atoms with Crippen molar-refractivity contribution >= 4 is 45.0 Å². The van der Waals surface area contributed by atoms with E-state index >= 15 is 0 Å². The van der Waals surface area contributed by atoms with Crippen LogP contribution in [0.1, 0.15) is 17.0 Å². The van der Waals surface area contributed by atoms with Crippen LogP contribution in [-0.4, -0.2) is 30.8 Å². The molecule has 1 aliphatic heterocycles. The number of aromatic amines is 1. The summed E-state index contributed by atoms with van der Waals surface area (Å²) in [5, 5.41) is 0. The maximum absolute atomic E-state index is 12.4. The van der Waals surface area contributed by atoms with Gasteiger partial charge >= 0.3 is 10.2 Å². The minimum absolute atomic E-state index is 0.250. The number of carbonyl (C=O) groups excluding carboxylic acids is 1. The summed E-state index contributed by atoms with van der Waals surface area (Å²) < 4.78 is 33.8. The Hall–Kier alpha value is -4.11. The molecule has 2 N–H and O–H groups in total. The van der Waals surface area contributed by atoms with Crippen LogP contribution < -0.4 is 13.8 Å². The van der Waals surface area contributed by atoms with E-state index < -0.39 is 16.1 Å². The molecule has 5 rings (SSSR count). The van der Waals surface area contributed by atoms with Gasteiger partial charge in [0.25, 0.3) is 5.91 Å². The molecule has 3 aromatic carbocycles. The molecule has 0 aliphatic carbocycles. The highest BCUT2D eigenvalue weighted by molar-refractivity contribution is 7.92. The van der Waals surface area contributed by atoms with Crippen molar-refractivity contribution < 1.29 is 17.9 Å². The Balaban J connectivity index is 1.47. The van der Waals surface area contributed by atoms with Crippen LogP contribution in [0.3, 0.4) is 0 Å². The maximum atomic E-state index is 12.4. The normalized spacial score (nSPS) is 15.3. The third kappa shape index (κ3) is 4.44. The largest absolute Gasteiger partial charge is 0.487 e. The number of imidazole rings is 1. The van der Waals surface area contributed by atoms with Crippen LogP contribution in [0.25, 0.3) is 23.2 Å². The van der Waals surface area contributed by atoms with E-state index in [0.717, 1.165) is 26.5 Å². The smallest absolute Gasteiger partial charge is 0.326 e. The van der Waals surface area contributed by atoms with Crippen molar-refractivity contribution in [3.05, 3.63) is 89.7 Å². The van der Waals surface area contributed by atoms with Crippen LogP contribution >= 0.6 is 0 Å². The van der Waals surface area contributed by atoms with Crippen molar-refractivity contribution in [1.29, 1.82) is 0 Å². The summed E-state index contributed by atoms with van der Waals surface area (Å²) in [6.45, 7) is -0.0436. The van der Waals surface area contributed by atoms with Gasteiger partial charge in [-0.05, 0) is 41.5 Å². The Kier molecular flexibility index (Phi) is 5.31. The Bertz CT molecular complexity index is 1430. The molecule has 1 fully saturated rings. The SMILES string of the molecule is O=C1CN(c2ccc(/C=C/c3nc4ccccc4[nH]3)cc2OCc2ccccc2)S(=O)(=O)N1. The zero-order valence-electron chi connectivity index (χ0n) is 17.4. The lowest BCUT2D eigenvalue weighted by molar-refractivity contribution is -0.117. The highest BCUT2D eigenvalue weighted by atomic mass is 32.2. The van der Waals surface area contributed by atoms with Crippen molar-refractivity contribution in [2.75, 3.05) is 10.8 Å². The first-order chi connectivity index (χ1) is 16.0. The van der Waals surface area contributed by atoms with Gasteiger partial charge in [-0.2, -0.15) is 8.42 Å². The van der Waals surface area contributed by atoms with Crippen LogP contribution in [0, 0.1) is 0 Å². The van der Waals surface area contributed by atoms with E-state index in [1.807, 2.05) is 71.5 Å². The highest BCUT2D eigenvalue weighted by Gasteiger charge is 2.35. The van der Waals surface area contributed by atoms with Crippen LogP contribution in [0.15, 0.2) is 72.8 Å². The van der Waals surface area contributed by atoms with Crippen LogP contribution in [0.2, 0.25) is 0 Å². The van der Waals surface area contributed by atoms with Gasteiger partial charge in [0.1, 0.15) is 24.7 Å². The number of aromatic nitrogens is 2. The fraction of sp³-hybridized carbons (Fsp3) is 0.0833. The van der Waals surface area contributed by atoms with E-state index in [4.69, 9.17) is 4.74 Å². The monoisotopic (exact) mass is 460 g/mol. The van der Waals surface area contributed by atoms with E-state index in [1.165, 1.54) is 0 Å². The molecule has 2 heterocycles. The molecule has 8 nitrogen and oxygen atoms in total. The first-order valence-electron chi connectivity index (χ1n) is 10.2. The van der Waals surface area contributed by atoms with Crippen LogP contribution in [0.4, 0.5) is 5.69 Å². The molecule has 0 bridgehead atoms. The van der Waals surface area contributed by atoms with Crippen LogP contribution in [-0.2, 0) is 21.6 Å². The number of nitrogens with zero attached hydrogens (tertiary/aromatic N) is 2. The van der Waals surface area contributed by atoms with E-state index in [9.17, 15) is 13.2 Å². The molecular weight excluding hydrogens is 440 g/mol. The third-order valence-corrected chi connectivity index (χ3v) is 6.54. The van der Waals surface area contributed by atoms with Gasteiger partial charge in [0.2, 0.25) is 0 Å². The van der Waals surface area contributed by atoms with Gasteiger partial charge in [-0.25, -0.2) is 14.0 Å². The molecule has 0 atom stereocenters. The van der Waals surface area contributed by atoms with Gasteiger partial charge in [-0.1, -0.05) is 54.6 Å². The zero-order valence-corrected chi connectivity index (χ0v) is 18.2. The van der Waals surface area contributed by atoms with Gasteiger partial charge in [0.05, 0.1) is 16.7 Å². The second kappa shape index (κ2) is 8.44. The number of rotatable bonds is 6. The molecule has 0 radical (unpaired) electrons. The number of hydrogen-bond donors (Lipinski definition) is 2. The first-order valence-corrected chi connectivity index (χ1v) is 11.7. The fourth-order valence-corrected chi connectivity index (χ4v) is 4.74. The molecule has 1 saturated heterocycles. The van der Waals surface area contributed by atoms with Gasteiger partial charge < -0.3 is 9.72 Å². The number of nitrogens with one attached hydrogen (secondary N) is 2. The Labute approximate surface area is 190 Å². The summed E-state index contributed by atoms with van der Waals surface area (Å²) in [6.07, 6.45) is 3.70. The van der Waals surface area contributed by atoms with E-state index in [0.29, 0.717) is 17.3 Å². The number of H-pyrrole nitrogens is 1. The zero-order chi connectivity index (χ0) is 22.8. The predicted molar refractivity (Wildman–Crippen MR) is 127 cm³/mol. The Morgan fingerprint density at radius 3 is 2.55 bits per heavy atom. The lowest BCUT2D eigenvalue weighted by atomic mass is 10.1. The third-order valence-electron chi connectivity index (χ3n) is 5.15. The van der Waals surface area contributed by atoms with Crippen molar-refractivity contribution in [2.24, 2.45) is 0 Å². The lowest BCUT2D eigenvalue weighted by Crippen LogP contribution is -2.29. The molecule has 1 aliphatic rings. The topological polar surface area (TPSA) is 104 Å². The molecule has 1 amide bonds. The van der Waals surface area contributed by atoms with Crippen molar-refractivity contribution in [1.82, 2.24) is 14.7 Å². The van der Waals surface area contributed by atoms with Gasteiger partial charge in [0, 0.05) is 0 Å². The summed E-state index contributed by atoms with van der Waals surface area (Å²) >= 11 is 0. The molecule has 0 unspecified atom stereocenters. The summed E-state index contributed by atoms with van der Waals surface area (Å²) in [4.78, 5) is 19.5. The summed E-state index contributed by atoms with van der Waals surface area (Å²) in [7, 11) is -3.96. The Morgan fingerprint density at radius 2 is 1.79 bits per heavy atom. The maximum Gasteiger partial charge on any atom is 0.326 e. The number of fused-ring (bicyclic) bond motifs is 1. The molecule has 9 heteroatoms. The molecule has 1 aromatic heterocycles. The predicted octanol–water partition coefficient (Wildman–Crippen LogP) is 3.49. The number of amides is 1. The summed E-state index contributed by atoms with van der Waals surface area (Å²) in [5.74, 6) is 0.465. The molecule has 0 saturated carbocycles. The van der Waals surface area contributed by atoms with E-state index in [-0.39, 0.29) is 13.2 Å². The van der Waals surface area contributed by atoms with E-state index in [2.05, 4.69) is 9.97 Å². The van der Waals surface area contributed by atoms with Gasteiger partial charge in [-0.3, -0.25) is 4.79 Å². The van der Waals surface area contributed by atoms with Crippen LogP contribution in [0.5, 0.6) is 5.75 Å². The number of para-hydroxylation sites is 2. The quantitative estimate of drug-likeness (QED) is 0.458. The molecular formula is C24H20N4O4S. The minimum Gasteiger partial charge on any atom is -0.487 e. The molecule has 33 heavy (non-hydrogen) atoms. The number of anilines is 1. The average molecular weight is 461 g/mol. The standard InChI is InChI=1S/C24H20N4O4S/c29-24-15-28(33(30,31)27-24)21-12-10-17(14-22(21)32-16-18-6-2-1-3-7-18)11-13-23-25-19-8-4-5-9-20(19)26-23/h1-14H,15-16H2,(H,25,26)(H,27,29)/b13-11+. The van der Waals surface area contributed by atoms with Crippen molar-refractivity contribution in [3.63, 3.8) is 0 Å². The minimum atomic E-state index is -3.96. The second-order valence-corrected chi connectivity index (χ2v) is 9.11. The highest BCUT2D eigenvalue weighted by Crippen LogP contribution is 2.33. The lowest BCUT2D eigenvalue weighted by Gasteiger charge is -2.19. The van der Waals surface area contributed by atoms with Gasteiger partial charge in [-0.15, -0.1) is 0 Å². The first kappa shape index (κ1) is 20.8. The van der Waals surface area contributed by atoms with Crippen molar-refractivity contribution in [3.8, 4) is 5.75 Å². The molecule has 166 valence electrons. The molecule has 0 spiro atoms. The second-order valence-electron chi connectivity index (χ2n) is 7.51. The number of benzene rings is 3. The van der Waals surface area contributed by atoms with Crippen molar-refractivity contribution in [2.45, 2.75) is 6.61 Å². The van der Waals surface area contributed by atoms with E-state index in [1.54, 1.807) is 18.2 Å². The number of ether oxygens (including phenoxy) is 1. The Morgan fingerprint density at radius 1 is 1.00 bits per heavy atom. The summed E-state index contributed by atoms with van der Waals surface area (Å²) in [6, 6.07) is 22.5. The number of hydrogen-bond acceptors (Lipinski definition) is 5.